The van der Waals surface area contributed by atoms with Crippen molar-refractivity contribution in [3.8, 4) is 5.75 Å². The molecule has 0 atom stereocenters. The molecule has 0 aliphatic carbocycles. The van der Waals surface area contributed by atoms with Gasteiger partial charge in [-0.15, -0.1) is 0 Å². The highest BCUT2D eigenvalue weighted by Gasteiger charge is 2.04. The van der Waals surface area contributed by atoms with Gasteiger partial charge < -0.3 is 4.74 Å². The summed E-state index contributed by atoms with van der Waals surface area (Å²) in [6.07, 6.45) is 2.18. The number of hydrogen-bond donors (Lipinski definition) is 0. The fraction of sp³-hybridized carbons (Fsp3) is 0.0667. The number of nitrogens with zero attached hydrogens (tertiary/aromatic N) is 1. The maximum absolute atomic E-state index is 13.5. The number of benzene rings is 2. The van der Waals surface area contributed by atoms with E-state index < -0.39 is 4.92 Å². The minimum Gasteiger partial charge on any atom is -0.488 e. The maximum atomic E-state index is 13.5. The van der Waals surface area contributed by atoms with Crippen molar-refractivity contribution in [1.29, 1.82) is 0 Å². The van der Waals surface area contributed by atoms with Gasteiger partial charge in [0.15, 0.2) is 0 Å². The van der Waals surface area contributed by atoms with Crippen LogP contribution < -0.4 is 4.74 Å². The summed E-state index contributed by atoms with van der Waals surface area (Å²) in [5.74, 6) is 0.125. The second kappa shape index (κ2) is 6.47. The minimum absolute atomic E-state index is 0.0655. The first-order valence-electron chi connectivity index (χ1n) is 5.94. The molecule has 5 heteroatoms. The Labute approximate surface area is 115 Å². The van der Waals surface area contributed by atoms with E-state index in [1.165, 1.54) is 12.1 Å². The van der Waals surface area contributed by atoms with E-state index in [1.54, 1.807) is 42.5 Å². The molecular weight excluding hydrogens is 261 g/mol. The Morgan fingerprint density at radius 1 is 1.15 bits per heavy atom. The highest BCUT2D eigenvalue weighted by atomic mass is 19.1. The summed E-state index contributed by atoms with van der Waals surface area (Å²) >= 11 is 0. The van der Waals surface area contributed by atoms with Crippen molar-refractivity contribution in [3.05, 3.63) is 81.8 Å². The molecular formula is C15H12FNO3. The summed E-state index contributed by atoms with van der Waals surface area (Å²) in [6.45, 7) is 0.0655. The first kappa shape index (κ1) is 13.7. The van der Waals surface area contributed by atoms with Gasteiger partial charge in [0.1, 0.15) is 18.2 Å². The zero-order chi connectivity index (χ0) is 14.4. The Morgan fingerprint density at radius 3 is 2.60 bits per heavy atom. The predicted octanol–water partition coefficient (Wildman–Crippen LogP) is 3.65. The molecule has 4 nitrogen and oxygen atoms in total. The van der Waals surface area contributed by atoms with Crippen molar-refractivity contribution in [2.45, 2.75) is 6.61 Å². The van der Waals surface area contributed by atoms with E-state index in [9.17, 15) is 14.5 Å². The van der Waals surface area contributed by atoms with Crippen LogP contribution >= 0.6 is 0 Å². The van der Waals surface area contributed by atoms with Crippen LogP contribution in [0.1, 0.15) is 11.1 Å². The molecule has 0 aromatic heterocycles. The molecule has 2 rings (SSSR count). The van der Waals surface area contributed by atoms with Crippen LogP contribution in [0.4, 0.5) is 4.39 Å². The Hall–Kier alpha value is -2.69. The zero-order valence-electron chi connectivity index (χ0n) is 10.5. The topological polar surface area (TPSA) is 52.4 Å². The fourth-order valence-corrected chi connectivity index (χ4v) is 1.66. The van der Waals surface area contributed by atoms with Gasteiger partial charge in [0, 0.05) is 17.2 Å². The average Bonchev–Trinajstić information content (AvgIpc) is 2.45. The van der Waals surface area contributed by atoms with E-state index in [1.807, 2.05) is 0 Å². The van der Waals surface area contributed by atoms with Crippen LogP contribution in [0.25, 0.3) is 6.08 Å². The number of rotatable bonds is 5. The van der Waals surface area contributed by atoms with E-state index in [4.69, 9.17) is 4.74 Å². The third-order valence-electron chi connectivity index (χ3n) is 2.64. The molecule has 0 saturated heterocycles. The molecule has 0 heterocycles. The molecule has 0 unspecified atom stereocenters. The van der Waals surface area contributed by atoms with Gasteiger partial charge in [-0.25, -0.2) is 4.39 Å². The molecule has 0 radical (unpaired) electrons. The Morgan fingerprint density at radius 2 is 1.85 bits per heavy atom. The van der Waals surface area contributed by atoms with Gasteiger partial charge >= 0.3 is 0 Å². The molecule has 0 amide bonds. The van der Waals surface area contributed by atoms with Crippen LogP contribution in [0.15, 0.2) is 54.7 Å². The van der Waals surface area contributed by atoms with E-state index in [0.717, 1.165) is 6.20 Å². The quantitative estimate of drug-likeness (QED) is 0.617. The second-order valence-electron chi connectivity index (χ2n) is 4.02. The zero-order valence-corrected chi connectivity index (χ0v) is 10.5. The molecule has 0 saturated carbocycles. The van der Waals surface area contributed by atoms with Crippen LogP contribution in [-0.4, -0.2) is 4.92 Å². The highest BCUT2D eigenvalue weighted by molar-refractivity contribution is 5.56. The first-order chi connectivity index (χ1) is 9.66. The van der Waals surface area contributed by atoms with E-state index >= 15 is 0 Å². The number of halogens is 1. The summed E-state index contributed by atoms with van der Waals surface area (Å²) < 4.78 is 19.0. The Bertz CT molecular complexity index is 641. The molecule has 0 aliphatic rings. The van der Waals surface area contributed by atoms with Crippen LogP contribution in [0.3, 0.4) is 0 Å². The van der Waals surface area contributed by atoms with Crippen LogP contribution in [0.5, 0.6) is 5.75 Å². The molecule has 0 N–H and O–H groups in total. The van der Waals surface area contributed by atoms with Gasteiger partial charge in [0.2, 0.25) is 6.20 Å². The smallest absolute Gasteiger partial charge is 0.235 e. The number of para-hydroxylation sites is 1. The van der Waals surface area contributed by atoms with Crippen LogP contribution in [0.2, 0.25) is 0 Å². The van der Waals surface area contributed by atoms with Crippen molar-refractivity contribution >= 4 is 6.08 Å². The summed E-state index contributed by atoms with van der Waals surface area (Å²) in [4.78, 5) is 9.79. The lowest BCUT2D eigenvalue weighted by Crippen LogP contribution is -1.99. The SMILES string of the molecule is O=[N+]([O-])/C=C\c1ccccc1OCc1ccccc1F. The van der Waals surface area contributed by atoms with Crippen molar-refractivity contribution in [3.63, 3.8) is 0 Å². The van der Waals surface area contributed by atoms with Gasteiger partial charge in [0.25, 0.3) is 0 Å². The Kier molecular flexibility index (Phi) is 4.44. The Balaban J connectivity index is 2.14. The van der Waals surface area contributed by atoms with E-state index in [-0.39, 0.29) is 12.4 Å². The molecule has 0 aliphatic heterocycles. The summed E-state index contributed by atoms with van der Waals surface area (Å²) in [6, 6.07) is 13.2. The third-order valence-corrected chi connectivity index (χ3v) is 2.64. The van der Waals surface area contributed by atoms with Gasteiger partial charge in [-0.05, 0) is 12.1 Å². The van der Waals surface area contributed by atoms with E-state index in [0.29, 0.717) is 16.9 Å². The van der Waals surface area contributed by atoms with Crippen LogP contribution in [-0.2, 0) is 6.61 Å². The van der Waals surface area contributed by atoms with Crippen molar-refractivity contribution in [2.24, 2.45) is 0 Å². The van der Waals surface area contributed by atoms with Gasteiger partial charge in [-0.1, -0.05) is 36.4 Å². The standard InChI is InChI=1S/C15H12FNO3/c16-14-7-3-1-6-13(14)11-20-15-8-4-2-5-12(15)9-10-17(18)19/h1-10H,11H2/b10-9-. The number of nitro groups is 1. The summed E-state index contributed by atoms with van der Waals surface area (Å²) in [5, 5.41) is 10.3. The van der Waals surface area contributed by atoms with Crippen molar-refractivity contribution < 1.29 is 14.1 Å². The molecule has 0 bridgehead atoms. The van der Waals surface area contributed by atoms with Gasteiger partial charge in [0.05, 0.1) is 4.92 Å². The van der Waals surface area contributed by atoms with E-state index in [2.05, 4.69) is 0 Å². The largest absolute Gasteiger partial charge is 0.488 e. The molecule has 20 heavy (non-hydrogen) atoms. The molecule has 2 aromatic rings. The summed E-state index contributed by atoms with van der Waals surface area (Å²) in [7, 11) is 0. The lowest BCUT2D eigenvalue weighted by atomic mass is 10.2. The molecule has 0 fully saturated rings. The van der Waals surface area contributed by atoms with Crippen molar-refractivity contribution in [1.82, 2.24) is 0 Å². The second-order valence-corrected chi connectivity index (χ2v) is 4.02. The third kappa shape index (κ3) is 3.65. The van der Waals surface area contributed by atoms with Crippen LogP contribution in [0, 0.1) is 15.9 Å². The lowest BCUT2D eigenvalue weighted by molar-refractivity contribution is -0.400. The number of hydrogen-bond acceptors (Lipinski definition) is 3. The normalized spacial score (nSPS) is 10.7. The lowest BCUT2D eigenvalue weighted by Gasteiger charge is -2.09. The first-order valence-corrected chi connectivity index (χ1v) is 5.94. The molecule has 102 valence electrons. The fourth-order valence-electron chi connectivity index (χ4n) is 1.66. The van der Waals surface area contributed by atoms with Crippen molar-refractivity contribution in [2.75, 3.05) is 0 Å². The highest BCUT2D eigenvalue weighted by Crippen LogP contribution is 2.21. The number of ether oxygens (including phenoxy) is 1. The molecule has 0 spiro atoms. The minimum atomic E-state index is -0.548. The van der Waals surface area contributed by atoms with Gasteiger partial charge in [-0.3, -0.25) is 10.1 Å². The average molecular weight is 273 g/mol. The summed E-state index contributed by atoms with van der Waals surface area (Å²) in [5.41, 5.74) is 1.00. The van der Waals surface area contributed by atoms with Gasteiger partial charge in [-0.2, -0.15) is 0 Å². The monoisotopic (exact) mass is 273 g/mol. The maximum Gasteiger partial charge on any atom is 0.235 e. The molecule has 2 aromatic carbocycles. The predicted molar refractivity (Wildman–Crippen MR) is 73.2 cm³/mol.